The zero-order valence-electron chi connectivity index (χ0n) is 14.6. The van der Waals surface area contributed by atoms with Gasteiger partial charge < -0.3 is 14.2 Å². The first-order valence-corrected chi connectivity index (χ1v) is 7.37. The third-order valence-corrected chi connectivity index (χ3v) is 3.21. The molecule has 23 heavy (non-hydrogen) atoms. The second-order valence-electron chi connectivity index (χ2n) is 6.02. The van der Waals surface area contributed by atoms with E-state index in [1.807, 2.05) is 6.92 Å². The normalized spacial score (nSPS) is 12.0. The van der Waals surface area contributed by atoms with Crippen molar-refractivity contribution < 1.29 is 28.6 Å². The van der Waals surface area contributed by atoms with Crippen molar-refractivity contribution in [3.8, 4) is 0 Å². The van der Waals surface area contributed by atoms with E-state index in [4.69, 9.17) is 14.2 Å². The molecule has 130 valence electrons. The van der Waals surface area contributed by atoms with Gasteiger partial charge in [0.1, 0.15) is 13.2 Å². The third kappa shape index (κ3) is 7.63. The number of esters is 3. The molecule has 0 aliphatic carbocycles. The van der Waals surface area contributed by atoms with Crippen molar-refractivity contribution in [2.24, 2.45) is 5.41 Å². The van der Waals surface area contributed by atoms with Gasteiger partial charge in [-0.05, 0) is 34.1 Å². The highest BCUT2D eigenvalue weighted by Gasteiger charge is 2.29. The zero-order valence-corrected chi connectivity index (χ0v) is 14.6. The minimum absolute atomic E-state index is 0.196. The van der Waals surface area contributed by atoms with Crippen molar-refractivity contribution in [2.75, 3.05) is 13.2 Å². The Hall–Kier alpha value is -2.11. The van der Waals surface area contributed by atoms with Crippen LogP contribution >= 0.6 is 0 Å². The van der Waals surface area contributed by atoms with Crippen molar-refractivity contribution in [1.82, 2.24) is 0 Å². The van der Waals surface area contributed by atoms with Crippen LogP contribution in [0, 0.1) is 5.41 Å². The number of hydrogen-bond acceptors (Lipinski definition) is 6. The highest BCUT2D eigenvalue weighted by atomic mass is 16.6. The summed E-state index contributed by atoms with van der Waals surface area (Å²) in [5.41, 5.74) is -0.224. The van der Waals surface area contributed by atoms with Crippen LogP contribution < -0.4 is 0 Å². The fourth-order valence-electron chi connectivity index (χ4n) is 1.17. The molecule has 1 atom stereocenters. The van der Waals surface area contributed by atoms with E-state index >= 15 is 0 Å². The van der Waals surface area contributed by atoms with Gasteiger partial charge in [0.2, 0.25) is 0 Å². The SMILES string of the molecule is C=C(C)C(=O)OCC(COC(=O)C(C)(C)CC)OC(=O)C(=C)C. The fraction of sp³-hybridized carbons (Fsp3) is 0.588. The van der Waals surface area contributed by atoms with Crippen LogP contribution in [0.1, 0.15) is 41.0 Å². The van der Waals surface area contributed by atoms with Crippen molar-refractivity contribution in [3.63, 3.8) is 0 Å². The molecule has 1 unspecified atom stereocenters. The van der Waals surface area contributed by atoms with Gasteiger partial charge in [0.25, 0.3) is 0 Å². The molecule has 0 rings (SSSR count). The number of carbonyl (C=O) groups is 3. The molecule has 6 nitrogen and oxygen atoms in total. The Morgan fingerprint density at radius 1 is 0.957 bits per heavy atom. The second-order valence-corrected chi connectivity index (χ2v) is 6.02. The van der Waals surface area contributed by atoms with Gasteiger partial charge in [-0.1, -0.05) is 20.1 Å². The minimum Gasteiger partial charge on any atom is -0.461 e. The quantitative estimate of drug-likeness (QED) is 0.368. The monoisotopic (exact) mass is 326 g/mol. The summed E-state index contributed by atoms with van der Waals surface area (Å²) in [6, 6.07) is 0. The number of carbonyl (C=O) groups excluding carboxylic acids is 3. The van der Waals surface area contributed by atoms with Crippen LogP contribution in [-0.4, -0.2) is 37.2 Å². The maximum absolute atomic E-state index is 12.0. The average Bonchev–Trinajstić information content (AvgIpc) is 2.48. The third-order valence-electron chi connectivity index (χ3n) is 3.21. The van der Waals surface area contributed by atoms with E-state index in [9.17, 15) is 14.4 Å². The first kappa shape index (κ1) is 20.9. The lowest BCUT2D eigenvalue weighted by atomic mass is 9.91. The van der Waals surface area contributed by atoms with Gasteiger partial charge in [0, 0.05) is 11.1 Å². The maximum Gasteiger partial charge on any atom is 0.333 e. The Balaban J connectivity index is 4.75. The molecule has 0 amide bonds. The molecule has 0 aromatic carbocycles. The molecule has 0 spiro atoms. The van der Waals surface area contributed by atoms with Crippen LogP contribution in [0.3, 0.4) is 0 Å². The van der Waals surface area contributed by atoms with Crippen LogP contribution in [0.15, 0.2) is 24.3 Å². The van der Waals surface area contributed by atoms with Crippen LogP contribution in [0.5, 0.6) is 0 Å². The largest absolute Gasteiger partial charge is 0.461 e. The van der Waals surface area contributed by atoms with Crippen LogP contribution in [0.2, 0.25) is 0 Å². The van der Waals surface area contributed by atoms with Gasteiger partial charge in [-0.25, -0.2) is 9.59 Å². The van der Waals surface area contributed by atoms with Crippen molar-refractivity contribution >= 4 is 17.9 Å². The standard InChI is InChI=1S/C17H26O6/c1-8-17(6,7)16(20)22-10-13(23-15(19)12(4)5)9-21-14(18)11(2)3/h13H,2,4,8-10H2,1,3,5-7H3. The topological polar surface area (TPSA) is 78.9 Å². The van der Waals surface area contributed by atoms with E-state index in [0.717, 1.165) is 0 Å². The Labute approximate surface area is 137 Å². The average molecular weight is 326 g/mol. The lowest BCUT2D eigenvalue weighted by molar-refractivity contribution is -0.167. The predicted molar refractivity (Wildman–Crippen MR) is 85.5 cm³/mol. The highest BCUT2D eigenvalue weighted by Crippen LogP contribution is 2.21. The number of hydrogen-bond donors (Lipinski definition) is 0. The number of ether oxygens (including phenoxy) is 3. The summed E-state index contributed by atoms with van der Waals surface area (Å²) in [4.78, 5) is 35.0. The first-order valence-electron chi connectivity index (χ1n) is 7.37. The van der Waals surface area contributed by atoms with Crippen LogP contribution in [0.25, 0.3) is 0 Å². The molecule has 0 saturated heterocycles. The summed E-state index contributed by atoms with van der Waals surface area (Å²) in [5.74, 6) is -1.67. The number of rotatable bonds is 9. The van der Waals surface area contributed by atoms with Crippen molar-refractivity contribution in [3.05, 3.63) is 24.3 Å². The van der Waals surface area contributed by atoms with E-state index in [1.165, 1.54) is 13.8 Å². The molecule has 0 aliphatic heterocycles. The Morgan fingerprint density at radius 3 is 1.87 bits per heavy atom. The van der Waals surface area contributed by atoms with Gasteiger partial charge in [0.15, 0.2) is 6.10 Å². The summed E-state index contributed by atoms with van der Waals surface area (Å²) in [5, 5.41) is 0. The minimum atomic E-state index is -0.904. The van der Waals surface area contributed by atoms with Gasteiger partial charge >= 0.3 is 17.9 Å². The van der Waals surface area contributed by atoms with Gasteiger partial charge in [-0.15, -0.1) is 0 Å². The van der Waals surface area contributed by atoms with Gasteiger partial charge in [0.05, 0.1) is 5.41 Å². The van der Waals surface area contributed by atoms with E-state index < -0.39 is 29.4 Å². The Kier molecular flexibility index (Phi) is 8.29. The molecule has 0 bridgehead atoms. The van der Waals surface area contributed by atoms with Crippen LogP contribution in [-0.2, 0) is 28.6 Å². The summed E-state index contributed by atoms with van der Waals surface area (Å²) < 4.78 is 15.2. The smallest absolute Gasteiger partial charge is 0.333 e. The Bertz CT molecular complexity index is 489. The molecule has 0 aromatic rings. The predicted octanol–water partition coefficient (Wildman–Crippen LogP) is 2.57. The summed E-state index contributed by atoms with van der Waals surface area (Å²) in [6.07, 6.45) is -0.300. The van der Waals surface area contributed by atoms with E-state index in [-0.39, 0.29) is 24.4 Å². The summed E-state index contributed by atoms with van der Waals surface area (Å²) >= 11 is 0. The maximum atomic E-state index is 12.0. The Morgan fingerprint density at radius 2 is 1.43 bits per heavy atom. The molecule has 0 fully saturated rings. The highest BCUT2D eigenvalue weighted by molar-refractivity contribution is 5.87. The van der Waals surface area contributed by atoms with E-state index in [2.05, 4.69) is 13.2 Å². The van der Waals surface area contributed by atoms with Crippen LogP contribution in [0.4, 0.5) is 0 Å². The summed E-state index contributed by atoms with van der Waals surface area (Å²) in [6.45, 7) is 14.9. The lowest BCUT2D eigenvalue weighted by Gasteiger charge is -2.23. The molecule has 0 N–H and O–H groups in total. The molecular weight excluding hydrogens is 300 g/mol. The zero-order chi connectivity index (χ0) is 18.2. The molecule has 0 heterocycles. The second kappa shape index (κ2) is 9.12. The lowest BCUT2D eigenvalue weighted by Crippen LogP contribution is -2.34. The molecule has 6 heteroatoms. The van der Waals surface area contributed by atoms with E-state index in [1.54, 1.807) is 13.8 Å². The molecule has 0 radical (unpaired) electrons. The van der Waals surface area contributed by atoms with Gasteiger partial charge in [-0.3, -0.25) is 4.79 Å². The molecule has 0 aromatic heterocycles. The van der Waals surface area contributed by atoms with Crippen molar-refractivity contribution in [2.45, 2.75) is 47.1 Å². The first-order chi connectivity index (χ1) is 10.5. The molecule has 0 saturated carbocycles. The van der Waals surface area contributed by atoms with Gasteiger partial charge in [-0.2, -0.15) is 0 Å². The molecular formula is C17H26O6. The van der Waals surface area contributed by atoms with Crippen molar-refractivity contribution in [1.29, 1.82) is 0 Å². The van der Waals surface area contributed by atoms with E-state index in [0.29, 0.717) is 6.42 Å². The summed E-state index contributed by atoms with van der Waals surface area (Å²) in [7, 11) is 0. The fourth-order valence-corrected chi connectivity index (χ4v) is 1.17. The molecule has 0 aliphatic rings.